The summed E-state index contributed by atoms with van der Waals surface area (Å²) in [6.45, 7) is -0.0602. The number of carbonyl (C=O) groups is 1. The fourth-order valence-electron chi connectivity index (χ4n) is 1.60. The van der Waals surface area contributed by atoms with Crippen molar-refractivity contribution < 1.29 is 18.3 Å². The summed E-state index contributed by atoms with van der Waals surface area (Å²) < 4.78 is 24.1. The van der Waals surface area contributed by atoms with E-state index in [9.17, 15) is 13.2 Å². The number of rotatable bonds is 2. The lowest BCUT2D eigenvalue weighted by molar-refractivity contribution is 0.120. The van der Waals surface area contributed by atoms with Crippen LogP contribution in [0.25, 0.3) is 0 Å². The van der Waals surface area contributed by atoms with E-state index in [1.165, 1.54) is 12.1 Å². The summed E-state index contributed by atoms with van der Waals surface area (Å²) in [5.41, 5.74) is 0.134. The Morgan fingerprint density at radius 2 is 2.17 bits per heavy atom. The maximum atomic E-state index is 12.0. The van der Waals surface area contributed by atoms with E-state index < -0.39 is 21.2 Å². The van der Waals surface area contributed by atoms with E-state index >= 15 is 0 Å². The highest BCUT2D eigenvalue weighted by Crippen LogP contribution is 2.23. The van der Waals surface area contributed by atoms with Gasteiger partial charge >= 0.3 is 6.09 Å². The van der Waals surface area contributed by atoms with E-state index in [1.54, 1.807) is 6.07 Å². The van der Waals surface area contributed by atoms with E-state index in [0.29, 0.717) is 0 Å². The number of hydrogen-bond acceptors (Lipinski definition) is 5. The molecule has 1 saturated heterocycles. The van der Waals surface area contributed by atoms with E-state index in [-0.39, 0.29) is 23.7 Å². The number of nitrogens with zero attached hydrogens (tertiary/aromatic N) is 3. The Morgan fingerprint density at radius 3 is 2.61 bits per heavy atom. The van der Waals surface area contributed by atoms with Gasteiger partial charge in [0.25, 0.3) is 0 Å². The molecule has 0 unspecified atom stereocenters. The van der Waals surface area contributed by atoms with Gasteiger partial charge in [-0.15, -0.1) is 0 Å². The minimum absolute atomic E-state index is 0.0107. The van der Waals surface area contributed by atoms with E-state index in [0.717, 1.165) is 11.1 Å². The number of carboxylic acid groups (broad SMARTS) is 1. The van der Waals surface area contributed by atoms with Gasteiger partial charge in [-0.05, 0) is 12.1 Å². The number of sulfone groups is 1. The highest BCUT2D eigenvalue weighted by atomic mass is 32.2. The zero-order valence-corrected chi connectivity index (χ0v) is 9.96. The Hall–Kier alpha value is -2.14. The second-order valence-corrected chi connectivity index (χ2v) is 6.07. The first-order valence-electron chi connectivity index (χ1n) is 5.03. The molecule has 0 aliphatic carbocycles. The largest absolute Gasteiger partial charge is 0.465 e. The molecule has 1 amide bonds. The molecule has 1 N–H and O–H groups in total. The second kappa shape index (κ2) is 4.27. The van der Waals surface area contributed by atoms with Crippen molar-refractivity contribution in [3.8, 4) is 6.07 Å². The summed E-state index contributed by atoms with van der Waals surface area (Å²) in [6, 6.07) is 4.42. The summed E-state index contributed by atoms with van der Waals surface area (Å²) in [5, 5.41) is 16.5. The van der Waals surface area contributed by atoms with Crippen LogP contribution in [0.1, 0.15) is 5.69 Å². The fourth-order valence-corrected chi connectivity index (χ4v) is 3.19. The molecule has 0 spiro atoms. The summed E-state index contributed by atoms with van der Waals surface area (Å²) in [5.74, 6) is 0. The third-order valence-electron chi connectivity index (χ3n) is 2.74. The summed E-state index contributed by atoms with van der Waals surface area (Å²) >= 11 is 0. The highest BCUT2D eigenvalue weighted by molar-refractivity contribution is 7.92. The van der Waals surface area contributed by atoms with Gasteiger partial charge in [0.05, 0.1) is 4.90 Å². The Labute approximate surface area is 103 Å². The van der Waals surface area contributed by atoms with Gasteiger partial charge in [0, 0.05) is 19.3 Å². The van der Waals surface area contributed by atoms with E-state index in [1.807, 2.05) is 0 Å². The standard InChI is InChI=1S/C10H9N3O4S/c11-3-7-1-2-8(4-12-7)18(16,17)9-5-13(6-9)10(14)15/h1-2,4,9H,5-6H2,(H,14,15). The minimum Gasteiger partial charge on any atom is -0.465 e. The molecular formula is C10H9N3O4S. The number of pyridine rings is 1. The molecular weight excluding hydrogens is 258 g/mol. The lowest BCUT2D eigenvalue weighted by atomic mass is 10.2. The molecule has 2 rings (SSSR count). The van der Waals surface area contributed by atoms with Gasteiger partial charge in [-0.25, -0.2) is 18.2 Å². The average Bonchev–Trinajstić information content (AvgIpc) is 2.26. The Morgan fingerprint density at radius 1 is 1.50 bits per heavy atom. The van der Waals surface area contributed by atoms with Gasteiger partial charge in [-0.2, -0.15) is 5.26 Å². The average molecular weight is 267 g/mol. The van der Waals surface area contributed by atoms with Crippen molar-refractivity contribution in [2.75, 3.05) is 13.1 Å². The second-order valence-electron chi connectivity index (χ2n) is 3.85. The molecule has 2 heterocycles. The fraction of sp³-hybridized carbons (Fsp3) is 0.300. The van der Waals surface area contributed by atoms with Crippen LogP contribution < -0.4 is 0 Å². The molecule has 1 aromatic rings. The van der Waals surface area contributed by atoms with E-state index in [2.05, 4.69) is 4.98 Å². The molecule has 0 saturated carbocycles. The van der Waals surface area contributed by atoms with Crippen LogP contribution in [0.5, 0.6) is 0 Å². The SMILES string of the molecule is N#Cc1ccc(S(=O)(=O)C2CN(C(=O)O)C2)cn1. The predicted octanol–water partition coefficient (Wildman–Crippen LogP) is 0.0892. The van der Waals surface area contributed by atoms with Crippen LogP contribution >= 0.6 is 0 Å². The Kier molecular flexibility index (Phi) is 2.92. The summed E-state index contributed by atoms with van der Waals surface area (Å²) in [6.07, 6.45) is -0.00322. The predicted molar refractivity (Wildman–Crippen MR) is 59.5 cm³/mol. The van der Waals surface area contributed by atoms with Gasteiger partial charge in [0.1, 0.15) is 17.0 Å². The van der Waals surface area contributed by atoms with Crippen molar-refractivity contribution in [2.24, 2.45) is 0 Å². The third kappa shape index (κ3) is 2.00. The van der Waals surface area contributed by atoms with Crippen LogP contribution in [0.3, 0.4) is 0 Å². The van der Waals surface area contributed by atoms with Gasteiger partial charge in [-0.3, -0.25) is 0 Å². The van der Waals surface area contributed by atoms with Gasteiger partial charge < -0.3 is 10.0 Å². The normalized spacial score (nSPS) is 15.8. The highest BCUT2D eigenvalue weighted by Gasteiger charge is 2.40. The molecule has 94 valence electrons. The topological polar surface area (TPSA) is 111 Å². The quantitative estimate of drug-likeness (QED) is 0.812. The molecule has 0 bridgehead atoms. The maximum Gasteiger partial charge on any atom is 0.407 e. The van der Waals surface area contributed by atoms with Gasteiger partial charge in [0.15, 0.2) is 9.84 Å². The smallest absolute Gasteiger partial charge is 0.407 e. The van der Waals surface area contributed by atoms with Crippen molar-refractivity contribution in [2.45, 2.75) is 10.1 Å². The lowest BCUT2D eigenvalue weighted by Crippen LogP contribution is -2.56. The lowest BCUT2D eigenvalue weighted by Gasteiger charge is -2.36. The van der Waals surface area contributed by atoms with Crippen molar-refractivity contribution in [1.82, 2.24) is 9.88 Å². The van der Waals surface area contributed by atoms with Crippen LogP contribution in [0.4, 0.5) is 4.79 Å². The van der Waals surface area contributed by atoms with Crippen LogP contribution in [-0.4, -0.2) is 47.8 Å². The van der Waals surface area contributed by atoms with Crippen molar-refractivity contribution in [3.05, 3.63) is 24.0 Å². The van der Waals surface area contributed by atoms with Crippen LogP contribution in [0.15, 0.2) is 23.2 Å². The monoisotopic (exact) mass is 267 g/mol. The Balaban J connectivity index is 2.17. The zero-order chi connectivity index (χ0) is 13.3. The molecule has 0 atom stereocenters. The number of likely N-dealkylation sites (tertiary alicyclic amines) is 1. The first-order valence-corrected chi connectivity index (χ1v) is 6.57. The number of aromatic nitrogens is 1. The Bertz CT molecular complexity index is 612. The zero-order valence-electron chi connectivity index (χ0n) is 9.15. The molecule has 1 aliphatic heterocycles. The van der Waals surface area contributed by atoms with Crippen LogP contribution in [-0.2, 0) is 9.84 Å². The molecule has 0 aromatic carbocycles. The van der Waals surface area contributed by atoms with Crippen molar-refractivity contribution in [1.29, 1.82) is 5.26 Å². The molecule has 0 radical (unpaired) electrons. The summed E-state index contributed by atoms with van der Waals surface area (Å²) in [7, 11) is -3.57. The van der Waals surface area contributed by atoms with Crippen LogP contribution in [0.2, 0.25) is 0 Å². The third-order valence-corrected chi connectivity index (χ3v) is 4.81. The number of nitriles is 1. The van der Waals surface area contributed by atoms with Crippen molar-refractivity contribution >= 4 is 15.9 Å². The molecule has 18 heavy (non-hydrogen) atoms. The summed E-state index contributed by atoms with van der Waals surface area (Å²) in [4.78, 5) is 15.3. The molecule has 7 nitrogen and oxygen atoms in total. The van der Waals surface area contributed by atoms with Crippen molar-refractivity contribution in [3.63, 3.8) is 0 Å². The number of hydrogen-bond donors (Lipinski definition) is 1. The molecule has 8 heteroatoms. The first-order chi connectivity index (χ1) is 8.45. The molecule has 1 aromatic heterocycles. The first kappa shape index (κ1) is 12.3. The van der Waals surface area contributed by atoms with Crippen LogP contribution in [0, 0.1) is 11.3 Å². The molecule has 1 aliphatic rings. The molecule has 1 fully saturated rings. The number of amides is 1. The maximum absolute atomic E-state index is 12.0. The van der Waals surface area contributed by atoms with Gasteiger partial charge in [0.2, 0.25) is 0 Å². The minimum atomic E-state index is -3.57. The van der Waals surface area contributed by atoms with Gasteiger partial charge in [-0.1, -0.05) is 0 Å². The van der Waals surface area contributed by atoms with E-state index in [4.69, 9.17) is 10.4 Å².